The van der Waals surface area contributed by atoms with Gasteiger partial charge in [0.2, 0.25) is 0 Å². The molecule has 72 valence electrons. The molecule has 1 N–H and O–H groups in total. The molecule has 1 aromatic rings. The zero-order chi connectivity index (χ0) is 10.1. The monoisotopic (exact) mass is 243 g/mol. The van der Waals surface area contributed by atoms with E-state index in [-0.39, 0.29) is 62.0 Å². The molecular formula is C6H6KNO5S. The average Bonchev–Trinajstić information content (AvgIpc) is 2.03. The molecule has 0 unspecified atom stereocenters. The fraction of sp³-hybridized carbons (Fsp3) is 0. The van der Waals surface area contributed by atoms with Gasteiger partial charge in [-0.05, 0) is 12.1 Å². The Morgan fingerprint density at radius 1 is 1.21 bits per heavy atom. The topological polar surface area (TPSA) is 97.5 Å². The Hall–Kier alpha value is 0.166. The van der Waals surface area contributed by atoms with Crippen molar-refractivity contribution in [3.05, 3.63) is 34.4 Å². The zero-order valence-corrected chi connectivity index (χ0v) is 7.06. The van der Waals surface area contributed by atoms with Gasteiger partial charge < -0.3 is 0 Å². The summed E-state index contributed by atoms with van der Waals surface area (Å²) in [6, 6.07) is 3.94. The van der Waals surface area contributed by atoms with Crippen LogP contribution in [0.5, 0.6) is 0 Å². The molecule has 0 amide bonds. The van der Waals surface area contributed by atoms with Crippen molar-refractivity contribution in [3.63, 3.8) is 0 Å². The van der Waals surface area contributed by atoms with Gasteiger partial charge in [-0.3, -0.25) is 14.7 Å². The molecule has 0 aliphatic rings. The van der Waals surface area contributed by atoms with E-state index in [4.69, 9.17) is 4.55 Å². The molecule has 0 aliphatic carbocycles. The van der Waals surface area contributed by atoms with E-state index in [1.54, 1.807) is 0 Å². The molecule has 0 radical (unpaired) electrons. The van der Waals surface area contributed by atoms with Gasteiger partial charge in [-0.1, -0.05) is 0 Å². The van der Waals surface area contributed by atoms with Crippen LogP contribution in [0, 0.1) is 10.1 Å². The predicted octanol–water partition coefficient (Wildman–Crippen LogP) is 0.193. The van der Waals surface area contributed by atoms with Crippen molar-refractivity contribution in [1.29, 1.82) is 0 Å². The molecule has 0 saturated carbocycles. The van der Waals surface area contributed by atoms with Crippen LogP contribution in [0.25, 0.3) is 0 Å². The molecule has 1 aromatic carbocycles. The molecule has 0 bridgehead atoms. The van der Waals surface area contributed by atoms with Gasteiger partial charge in [-0.2, -0.15) is 8.42 Å². The van der Waals surface area contributed by atoms with Crippen molar-refractivity contribution in [3.8, 4) is 0 Å². The quantitative estimate of drug-likeness (QED) is 0.346. The number of benzene rings is 1. The van der Waals surface area contributed by atoms with E-state index in [1.807, 2.05) is 0 Å². The van der Waals surface area contributed by atoms with Crippen molar-refractivity contribution in [2.24, 2.45) is 0 Å². The molecule has 0 saturated heterocycles. The third-order valence-corrected chi connectivity index (χ3v) is 2.21. The molecule has 1 rings (SSSR count). The van der Waals surface area contributed by atoms with E-state index in [0.717, 1.165) is 24.3 Å². The maximum absolute atomic E-state index is 10.5. The van der Waals surface area contributed by atoms with Crippen molar-refractivity contribution in [2.75, 3.05) is 0 Å². The normalized spacial score (nSPS) is 10.4. The number of rotatable bonds is 2. The van der Waals surface area contributed by atoms with Crippen LogP contribution in [0.3, 0.4) is 0 Å². The second-order valence-corrected chi connectivity index (χ2v) is 3.65. The molecular weight excluding hydrogens is 237 g/mol. The van der Waals surface area contributed by atoms with Crippen LogP contribution in [-0.4, -0.2) is 69.3 Å². The summed E-state index contributed by atoms with van der Waals surface area (Å²) in [6.45, 7) is 0. The van der Waals surface area contributed by atoms with Gasteiger partial charge in [0.25, 0.3) is 15.8 Å². The van der Waals surface area contributed by atoms with E-state index in [2.05, 4.69) is 0 Å². The van der Waals surface area contributed by atoms with Crippen LogP contribution in [0.4, 0.5) is 5.69 Å². The SMILES string of the molecule is O=[N+]([O-])c1ccc(S(=O)(=O)O)cc1.[KH]. The second kappa shape index (κ2) is 5.31. The molecule has 0 spiro atoms. The fourth-order valence-corrected chi connectivity index (χ4v) is 1.22. The van der Waals surface area contributed by atoms with Crippen molar-refractivity contribution < 1.29 is 17.9 Å². The van der Waals surface area contributed by atoms with Gasteiger partial charge in [0.1, 0.15) is 0 Å². The molecule has 0 aromatic heterocycles. The third kappa shape index (κ3) is 3.73. The van der Waals surface area contributed by atoms with E-state index in [9.17, 15) is 18.5 Å². The number of nitro benzene ring substituents is 1. The average molecular weight is 243 g/mol. The Morgan fingerprint density at radius 3 is 1.93 bits per heavy atom. The summed E-state index contributed by atoms with van der Waals surface area (Å²) in [7, 11) is -4.27. The van der Waals surface area contributed by atoms with Crippen LogP contribution >= 0.6 is 0 Å². The predicted molar refractivity (Wildman–Crippen MR) is 50.1 cm³/mol. The van der Waals surface area contributed by atoms with Crippen molar-refractivity contribution in [1.82, 2.24) is 0 Å². The standard InChI is InChI=1S/C6H5NO5S.K.H/c8-7(9)5-1-3-6(4-2-5)13(10,11)12;;/h1-4H,(H,10,11,12);;. The first-order valence-corrected chi connectivity index (χ1v) is 4.57. The summed E-state index contributed by atoms with van der Waals surface area (Å²) in [5, 5.41) is 10.2. The minimum absolute atomic E-state index is 0. The molecule has 14 heavy (non-hydrogen) atoms. The number of nitro groups is 1. The molecule has 0 heterocycles. The Kier molecular flexibility index (Phi) is 5.37. The van der Waals surface area contributed by atoms with E-state index in [0.29, 0.717) is 0 Å². The first-order chi connectivity index (χ1) is 5.91. The van der Waals surface area contributed by atoms with E-state index >= 15 is 0 Å². The van der Waals surface area contributed by atoms with Gasteiger partial charge in [0, 0.05) is 12.1 Å². The van der Waals surface area contributed by atoms with Gasteiger partial charge in [-0.25, -0.2) is 0 Å². The number of non-ortho nitro benzene ring substituents is 1. The van der Waals surface area contributed by atoms with E-state index in [1.165, 1.54) is 0 Å². The molecule has 6 nitrogen and oxygen atoms in total. The van der Waals surface area contributed by atoms with Gasteiger partial charge in [-0.15, -0.1) is 0 Å². The number of nitrogens with zero attached hydrogens (tertiary/aromatic N) is 1. The van der Waals surface area contributed by atoms with Crippen molar-refractivity contribution >= 4 is 67.2 Å². The summed E-state index contributed by atoms with van der Waals surface area (Å²) >= 11 is 0. The summed E-state index contributed by atoms with van der Waals surface area (Å²) in [6.07, 6.45) is 0. The molecule has 0 atom stereocenters. The van der Waals surface area contributed by atoms with Crippen LogP contribution in [0.1, 0.15) is 0 Å². The van der Waals surface area contributed by atoms with E-state index < -0.39 is 15.0 Å². The second-order valence-electron chi connectivity index (χ2n) is 2.23. The zero-order valence-electron chi connectivity index (χ0n) is 6.25. The van der Waals surface area contributed by atoms with Gasteiger partial charge >= 0.3 is 51.4 Å². The molecule has 8 heteroatoms. The summed E-state index contributed by atoms with van der Waals surface area (Å²) < 4.78 is 29.5. The van der Waals surface area contributed by atoms with Crippen LogP contribution in [0.15, 0.2) is 29.2 Å². The molecule has 0 aliphatic heterocycles. The fourth-order valence-electron chi connectivity index (χ4n) is 0.740. The first-order valence-electron chi connectivity index (χ1n) is 3.13. The Balaban J connectivity index is 0.00000169. The van der Waals surface area contributed by atoms with Crippen molar-refractivity contribution in [2.45, 2.75) is 4.90 Å². The maximum atomic E-state index is 10.5. The van der Waals surface area contributed by atoms with Gasteiger partial charge in [0.05, 0.1) is 9.82 Å². The summed E-state index contributed by atoms with van der Waals surface area (Å²) in [4.78, 5) is 9.13. The van der Waals surface area contributed by atoms with Gasteiger partial charge in [0.15, 0.2) is 0 Å². The number of hydrogen-bond donors (Lipinski definition) is 1. The Bertz CT molecular complexity index is 426. The summed E-state index contributed by atoms with van der Waals surface area (Å²) in [5.41, 5.74) is -0.229. The third-order valence-electron chi connectivity index (χ3n) is 1.35. The minimum atomic E-state index is -4.27. The number of hydrogen-bond acceptors (Lipinski definition) is 4. The summed E-state index contributed by atoms with van der Waals surface area (Å²) in [5.74, 6) is 0. The van der Waals surface area contributed by atoms with Crippen LogP contribution in [0.2, 0.25) is 0 Å². The van der Waals surface area contributed by atoms with Crippen LogP contribution in [-0.2, 0) is 10.1 Å². The Labute approximate surface area is 123 Å². The first kappa shape index (κ1) is 14.2. The Morgan fingerprint density at radius 2 is 1.64 bits per heavy atom. The van der Waals surface area contributed by atoms with Crippen LogP contribution < -0.4 is 0 Å². The molecule has 0 fully saturated rings.